The van der Waals surface area contributed by atoms with E-state index >= 15 is 0 Å². The number of benzene rings is 7. The first kappa shape index (κ1) is 34.1. The third-order valence-electron chi connectivity index (χ3n) is 9.45. The first-order valence-electron chi connectivity index (χ1n) is 17.9. The maximum Gasteiger partial charge on any atom is 0.0464 e. The van der Waals surface area contributed by atoms with Crippen LogP contribution in [-0.2, 0) is 0 Å². The van der Waals surface area contributed by atoms with Crippen LogP contribution in [0.25, 0.3) is 24.3 Å². The predicted molar refractivity (Wildman–Crippen MR) is 225 cm³/mol. The number of para-hydroxylation sites is 2. The average molecular weight is 673 g/mol. The van der Waals surface area contributed by atoms with Crippen LogP contribution in [0.15, 0.2) is 170 Å². The molecule has 0 fully saturated rings. The molecule has 2 nitrogen and oxygen atoms in total. The monoisotopic (exact) mass is 672 g/mol. The van der Waals surface area contributed by atoms with Crippen molar-refractivity contribution in [1.29, 1.82) is 0 Å². The molecule has 0 atom stereocenters. The van der Waals surface area contributed by atoms with E-state index in [0.29, 0.717) is 0 Å². The van der Waals surface area contributed by atoms with Crippen LogP contribution in [0.4, 0.5) is 34.1 Å². The third-order valence-corrected chi connectivity index (χ3v) is 9.45. The summed E-state index contributed by atoms with van der Waals surface area (Å²) >= 11 is 0. The highest BCUT2D eigenvalue weighted by Gasteiger charge is 2.15. The lowest BCUT2D eigenvalue weighted by molar-refractivity contribution is 1.26. The van der Waals surface area contributed by atoms with Gasteiger partial charge in [0.2, 0.25) is 0 Å². The molecule has 7 aromatic carbocycles. The molecule has 0 heterocycles. The lowest BCUT2D eigenvalue weighted by Crippen LogP contribution is -2.10. The summed E-state index contributed by atoms with van der Waals surface area (Å²) in [6.45, 7) is 8.67. The van der Waals surface area contributed by atoms with Gasteiger partial charge in [0.15, 0.2) is 0 Å². The van der Waals surface area contributed by atoms with Gasteiger partial charge < -0.3 is 9.80 Å². The molecule has 0 aliphatic rings. The lowest BCUT2D eigenvalue weighted by atomic mass is 10.0. The predicted octanol–water partition coefficient (Wildman–Crippen LogP) is 14.2. The quantitative estimate of drug-likeness (QED) is 0.133. The van der Waals surface area contributed by atoms with Crippen molar-refractivity contribution in [3.05, 3.63) is 214 Å². The zero-order valence-electron chi connectivity index (χ0n) is 30.4. The van der Waals surface area contributed by atoms with E-state index in [1.807, 2.05) is 0 Å². The molecule has 0 amide bonds. The van der Waals surface area contributed by atoms with Crippen LogP contribution in [-0.4, -0.2) is 0 Å². The standard InChI is InChI=1S/C50H44N2/c1-37-15-13-23-47(33-37)51(45-19-7-5-8-20-45)49-31-29-41(39(3)35-49)25-27-43-17-11-12-18-44(43)28-26-42-30-32-50(36-40(42)4)52(46-21-9-6-10-22-46)48-24-14-16-38(2)34-48/h5-36H,1-4H3. The zero-order valence-corrected chi connectivity index (χ0v) is 30.4. The van der Waals surface area contributed by atoms with Crippen LogP contribution >= 0.6 is 0 Å². The summed E-state index contributed by atoms with van der Waals surface area (Å²) in [7, 11) is 0. The number of hydrogen-bond donors (Lipinski definition) is 0. The molecule has 52 heavy (non-hydrogen) atoms. The van der Waals surface area contributed by atoms with E-state index in [2.05, 4.69) is 232 Å². The first-order chi connectivity index (χ1) is 25.4. The van der Waals surface area contributed by atoms with Gasteiger partial charge in [0, 0.05) is 34.1 Å². The van der Waals surface area contributed by atoms with Gasteiger partial charge in [-0.1, -0.05) is 121 Å². The van der Waals surface area contributed by atoms with Gasteiger partial charge in [-0.3, -0.25) is 0 Å². The summed E-state index contributed by atoms with van der Waals surface area (Å²) in [4.78, 5) is 4.65. The lowest BCUT2D eigenvalue weighted by Gasteiger charge is -2.26. The summed E-state index contributed by atoms with van der Waals surface area (Å²) in [5.74, 6) is 0. The molecule has 0 saturated heterocycles. The van der Waals surface area contributed by atoms with E-state index in [1.54, 1.807) is 0 Å². The minimum atomic E-state index is 1.14. The number of hydrogen-bond acceptors (Lipinski definition) is 2. The second-order valence-electron chi connectivity index (χ2n) is 13.4. The van der Waals surface area contributed by atoms with E-state index in [4.69, 9.17) is 0 Å². The summed E-state index contributed by atoms with van der Waals surface area (Å²) in [6.07, 6.45) is 8.92. The molecule has 7 aromatic rings. The van der Waals surface area contributed by atoms with Crippen LogP contribution < -0.4 is 9.80 Å². The minimum absolute atomic E-state index is 1.14. The third kappa shape index (κ3) is 7.83. The minimum Gasteiger partial charge on any atom is -0.310 e. The summed E-state index contributed by atoms with van der Waals surface area (Å²) in [5.41, 5.74) is 16.5. The van der Waals surface area contributed by atoms with E-state index < -0.39 is 0 Å². The molecular formula is C50H44N2. The largest absolute Gasteiger partial charge is 0.310 e. The molecule has 0 radical (unpaired) electrons. The fourth-order valence-electron chi connectivity index (χ4n) is 6.73. The van der Waals surface area contributed by atoms with Gasteiger partial charge >= 0.3 is 0 Å². The summed E-state index contributed by atoms with van der Waals surface area (Å²) in [6, 6.07) is 60.6. The van der Waals surface area contributed by atoms with Crippen LogP contribution in [0.3, 0.4) is 0 Å². The highest BCUT2D eigenvalue weighted by atomic mass is 15.1. The topological polar surface area (TPSA) is 6.48 Å². The van der Waals surface area contributed by atoms with Gasteiger partial charge in [0.25, 0.3) is 0 Å². The van der Waals surface area contributed by atoms with Crippen molar-refractivity contribution in [2.24, 2.45) is 0 Å². The van der Waals surface area contributed by atoms with E-state index in [1.165, 1.54) is 44.5 Å². The van der Waals surface area contributed by atoms with Crippen LogP contribution in [0.5, 0.6) is 0 Å². The highest BCUT2D eigenvalue weighted by molar-refractivity contribution is 5.84. The Balaban J connectivity index is 1.14. The van der Waals surface area contributed by atoms with Gasteiger partial charge in [-0.2, -0.15) is 0 Å². The molecule has 0 aliphatic carbocycles. The Morgan fingerprint density at radius 2 is 0.635 bits per heavy atom. The second kappa shape index (κ2) is 15.7. The molecule has 0 unspecified atom stereocenters. The second-order valence-corrected chi connectivity index (χ2v) is 13.4. The molecule has 0 saturated carbocycles. The average Bonchev–Trinajstić information content (AvgIpc) is 3.16. The number of anilines is 6. The number of aryl methyl sites for hydroxylation is 4. The van der Waals surface area contributed by atoms with Crippen LogP contribution in [0.1, 0.15) is 44.5 Å². The highest BCUT2D eigenvalue weighted by Crippen LogP contribution is 2.37. The van der Waals surface area contributed by atoms with Gasteiger partial charge in [-0.15, -0.1) is 0 Å². The molecule has 0 N–H and O–H groups in total. The zero-order chi connectivity index (χ0) is 35.9. The molecule has 0 aromatic heterocycles. The van der Waals surface area contributed by atoms with E-state index in [0.717, 1.165) is 34.1 Å². The maximum absolute atomic E-state index is 2.32. The molecule has 254 valence electrons. The van der Waals surface area contributed by atoms with Gasteiger partial charge in [-0.25, -0.2) is 0 Å². The Morgan fingerprint density at radius 1 is 0.288 bits per heavy atom. The Bertz CT molecular complexity index is 2180. The van der Waals surface area contributed by atoms with Crippen molar-refractivity contribution >= 4 is 58.4 Å². The molecule has 0 spiro atoms. The maximum atomic E-state index is 2.32. The Labute approximate surface area is 309 Å². The Hall–Kier alpha value is -6.38. The Morgan fingerprint density at radius 3 is 1.02 bits per heavy atom. The van der Waals surface area contributed by atoms with Crippen molar-refractivity contribution in [2.45, 2.75) is 27.7 Å². The van der Waals surface area contributed by atoms with Gasteiger partial charge in [0.1, 0.15) is 0 Å². The van der Waals surface area contributed by atoms with E-state index in [-0.39, 0.29) is 0 Å². The van der Waals surface area contributed by atoms with Crippen molar-refractivity contribution in [3.63, 3.8) is 0 Å². The fraction of sp³-hybridized carbons (Fsp3) is 0.0800. The SMILES string of the molecule is Cc1cccc(N(c2ccccc2)c2ccc(C=Cc3ccccc3C=Cc3ccc(N(c4ccccc4)c4cccc(C)c4)cc3C)c(C)c2)c1. The molecule has 2 heteroatoms. The smallest absolute Gasteiger partial charge is 0.0464 e. The number of nitrogens with zero attached hydrogens (tertiary/aromatic N) is 2. The van der Waals surface area contributed by atoms with Crippen molar-refractivity contribution in [2.75, 3.05) is 9.80 Å². The molecular weight excluding hydrogens is 629 g/mol. The molecule has 0 aliphatic heterocycles. The van der Waals surface area contributed by atoms with Crippen molar-refractivity contribution in [3.8, 4) is 0 Å². The van der Waals surface area contributed by atoms with Crippen molar-refractivity contribution in [1.82, 2.24) is 0 Å². The van der Waals surface area contributed by atoms with Crippen molar-refractivity contribution < 1.29 is 0 Å². The molecule has 7 rings (SSSR count). The summed E-state index contributed by atoms with van der Waals surface area (Å²) < 4.78 is 0. The summed E-state index contributed by atoms with van der Waals surface area (Å²) in [5, 5.41) is 0. The van der Waals surface area contributed by atoms with Gasteiger partial charge in [0.05, 0.1) is 0 Å². The number of rotatable bonds is 10. The fourth-order valence-corrected chi connectivity index (χ4v) is 6.73. The van der Waals surface area contributed by atoms with Crippen LogP contribution in [0.2, 0.25) is 0 Å². The normalized spacial score (nSPS) is 11.3. The van der Waals surface area contributed by atoms with Crippen LogP contribution in [0, 0.1) is 27.7 Å². The molecule has 0 bridgehead atoms. The van der Waals surface area contributed by atoms with Gasteiger partial charge in [-0.05, 0) is 145 Å². The Kier molecular flexibility index (Phi) is 10.3. The van der Waals surface area contributed by atoms with E-state index in [9.17, 15) is 0 Å². The first-order valence-corrected chi connectivity index (χ1v) is 17.9.